The Kier molecular flexibility index (Phi) is 6.61. The van der Waals surface area contributed by atoms with E-state index in [-0.39, 0.29) is 39.1 Å². The first kappa shape index (κ1) is 26.0. The first-order chi connectivity index (χ1) is 18.6. The molecule has 39 heavy (non-hydrogen) atoms. The third kappa shape index (κ3) is 4.20. The Labute approximate surface area is 226 Å². The van der Waals surface area contributed by atoms with Crippen LogP contribution in [0.5, 0.6) is 0 Å². The number of imidazole rings is 1. The Morgan fingerprint density at radius 1 is 1.18 bits per heavy atom. The molecule has 1 saturated heterocycles. The van der Waals surface area contributed by atoms with E-state index in [4.69, 9.17) is 4.74 Å². The van der Waals surface area contributed by atoms with Crippen molar-refractivity contribution in [2.75, 3.05) is 11.5 Å². The molecule has 1 amide bonds. The molecule has 198 valence electrons. The first-order valence-electron chi connectivity index (χ1n) is 11.9. The first-order valence-corrected chi connectivity index (χ1v) is 12.7. The number of carbonyl (C=O) groups is 3. The maximum Gasteiger partial charge on any atom is 0.350 e. The lowest BCUT2D eigenvalue weighted by Crippen LogP contribution is -2.29. The van der Waals surface area contributed by atoms with E-state index in [9.17, 15) is 19.5 Å². The van der Waals surface area contributed by atoms with Gasteiger partial charge in [0.05, 0.1) is 17.0 Å². The number of hydrogen-bond donors (Lipinski definition) is 1. The molecule has 11 heteroatoms. The number of aliphatic hydroxyl groups is 1. The van der Waals surface area contributed by atoms with Crippen molar-refractivity contribution in [3.05, 3.63) is 99.7 Å². The molecular formula is C28H23FN4O5S. The number of benzene rings is 1. The fraction of sp³-hybridized carbons (Fsp3) is 0.179. The van der Waals surface area contributed by atoms with Crippen molar-refractivity contribution in [1.82, 2.24) is 14.4 Å². The number of halogens is 1. The van der Waals surface area contributed by atoms with Gasteiger partial charge in [0, 0.05) is 11.8 Å². The van der Waals surface area contributed by atoms with Crippen molar-refractivity contribution in [2.45, 2.75) is 26.8 Å². The number of nitrogens with zero attached hydrogens (tertiary/aromatic N) is 4. The number of pyridine rings is 1. The van der Waals surface area contributed by atoms with Gasteiger partial charge >= 0.3 is 11.9 Å². The predicted octanol–water partition coefficient (Wildman–Crippen LogP) is 4.82. The summed E-state index contributed by atoms with van der Waals surface area (Å²) in [6.45, 7) is 8.61. The van der Waals surface area contributed by atoms with Crippen LogP contribution in [-0.2, 0) is 14.3 Å². The Hall–Kier alpha value is -4.64. The highest BCUT2D eigenvalue weighted by molar-refractivity contribution is 7.17. The molecule has 1 N–H and O–H groups in total. The van der Waals surface area contributed by atoms with Crippen LogP contribution in [0.25, 0.3) is 11.4 Å². The van der Waals surface area contributed by atoms with Crippen molar-refractivity contribution < 1.29 is 28.6 Å². The molecule has 5 rings (SSSR count). The monoisotopic (exact) mass is 546 g/mol. The third-order valence-corrected chi connectivity index (χ3v) is 7.60. The largest absolute Gasteiger partial charge is 0.505 e. The molecule has 1 fully saturated rings. The molecular weight excluding hydrogens is 523 g/mol. The molecule has 1 atom stereocenters. The number of rotatable bonds is 6. The van der Waals surface area contributed by atoms with Gasteiger partial charge in [0.25, 0.3) is 5.78 Å². The van der Waals surface area contributed by atoms with Gasteiger partial charge in [-0.05, 0) is 38.5 Å². The summed E-state index contributed by atoms with van der Waals surface area (Å²) >= 11 is 0.830. The number of thiazole rings is 1. The molecule has 1 aromatic carbocycles. The van der Waals surface area contributed by atoms with Crippen LogP contribution in [0.2, 0.25) is 0 Å². The minimum Gasteiger partial charge on any atom is -0.505 e. The van der Waals surface area contributed by atoms with E-state index >= 15 is 4.39 Å². The fourth-order valence-corrected chi connectivity index (χ4v) is 5.56. The maximum atomic E-state index is 15.2. The number of carbonyl (C=O) groups excluding carboxylic acids is 3. The Morgan fingerprint density at radius 3 is 2.62 bits per heavy atom. The fourth-order valence-electron chi connectivity index (χ4n) is 4.57. The van der Waals surface area contributed by atoms with Crippen LogP contribution in [0, 0.1) is 26.6 Å². The minimum atomic E-state index is -1.36. The van der Waals surface area contributed by atoms with Crippen LogP contribution in [0.15, 0.2) is 60.8 Å². The Bertz CT molecular complexity index is 1720. The van der Waals surface area contributed by atoms with Crippen molar-refractivity contribution in [2.24, 2.45) is 0 Å². The van der Waals surface area contributed by atoms with Gasteiger partial charge in [0.1, 0.15) is 34.7 Å². The van der Waals surface area contributed by atoms with Crippen LogP contribution < -0.4 is 4.90 Å². The van der Waals surface area contributed by atoms with Crippen LogP contribution in [0.3, 0.4) is 0 Å². The Morgan fingerprint density at radius 2 is 1.92 bits per heavy atom. The second-order valence-electron chi connectivity index (χ2n) is 8.92. The summed E-state index contributed by atoms with van der Waals surface area (Å²) in [6, 6.07) is 7.96. The molecule has 4 aromatic rings. The zero-order valence-electron chi connectivity index (χ0n) is 21.3. The highest BCUT2D eigenvalue weighted by Crippen LogP contribution is 2.44. The summed E-state index contributed by atoms with van der Waals surface area (Å²) in [7, 11) is 0. The second-order valence-corrected chi connectivity index (χ2v) is 9.90. The van der Waals surface area contributed by atoms with Crippen LogP contribution in [0.1, 0.15) is 43.9 Å². The summed E-state index contributed by atoms with van der Waals surface area (Å²) in [6.07, 6.45) is 3.18. The van der Waals surface area contributed by atoms with Gasteiger partial charge in [-0.25, -0.2) is 19.2 Å². The van der Waals surface area contributed by atoms with Gasteiger partial charge in [-0.1, -0.05) is 48.3 Å². The molecule has 3 aromatic heterocycles. The number of esters is 1. The molecule has 0 radical (unpaired) electrons. The normalized spacial score (nSPS) is 16.7. The number of Topliss-reactive ketones (excluding diaryl/α,β-unsaturated/α-hetero) is 1. The summed E-state index contributed by atoms with van der Waals surface area (Å²) < 4.78 is 22.1. The predicted molar refractivity (Wildman–Crippen MR) is 143 cm³/mol. The standard InChI is InChI=1S/C28H23FN4O5S/c1-5-13-38-27(37)24-15(3)30-28(39-24)33-21(17-10-6-7-11-18(17)29)19(23(35)26(33)36)22(34)20-16(4)32-12-8-9-14(2)25(32)31-20/h5-12,21,34H,1,13H2,2-4H3/b22-19+. The molecule has 1 aliphatic rings. The van der Waals surface area contributed by atoms with Gasteiger partial charge in [-0.15, -0.1) is 0 Å². The van der Waals surface area contributed by atoms with Gasteiger partial charge in [-0.2, -0.15) is 0 Å². The number of aryl methyl sites for hydroxylation is 3. The van der Waals surface area contributed by atoms with Crippen LogP contribution in [0.4, 0.5) is 9.52 Å². The van der Waals surface area contributed by atoms with Crippen molar-refractivity contribution in [1.29, 1.82) is 0 Å². The second kappa shape index (κ2) is 9.91. The minimum absolute atomic E-state index is 0.0185. The molecule has 0 bridgehead atoms. The van der Waals surface area contributed by atoms with Crippen LogP contribution in [-0.4, -0.2) is 43.7 Å². The highest BCUT2D eigenvalue weighted by atomic mass is 32.1. The number of anilines is 1. The van der Waals surface area contributed by atoms with E-state index in [0.29, 0.717) is 11.3 Å². The van der Waals surface area contributed by atoms with Gasteiger partial charge < -0.3 is 14.2 Å². The number of amides is 1. The van der Waals surface area contributed by atoms with Crippen molar-refractivity contribution in [3.8, 4) is 0 Å². The zero-order valence-corrected chi connectivity index (χ0v) is 22.1. The van der Waals surface area contributed by atoms with Gasteiger partial charge in [-0.3, -0.25) is 14.5 Å². The summed E-state index contributed by atoms with van der Waals surface area (Å²) in [5, 5.41) is 11.5. The van der Waals surface area contributed by atoms with Crippen molar-refractivity contribution in [3.63, 3.8) is 0 Å². The molecule has 0 saturated carbocycles. The van der Waals surface area contributed by atoms with E-state index in [1.54, 1.807) is 30.5 Å². The van der Waals surface area contributed by atoms with E-state index < -0.39 is 35.3 Å². The molecule has 1 aliphatic heterocycles. The Balaban J connectivity index is 1.72. The average Bonchev–Trinajstić information content (AvgIpc) is 3.55. The number of hydrogen-bond acceptors (Lipinski definition) is 8. The van der Waals surface area contributed by atoms with E-state index in [2.05, 4.69) is 16.5 Å². The lowest BCUT2D eigenvalue weighted by molar-refractivity contribution is -0.132. The SMILES string of the molecule is C=CCOC(=O)c1sc(N2C(=O)C(=O)/C(=C(/O)c3nc4c(C)cccn4c3C)C2c2ccccc2F)nc1C. The number of fused-ring (bicyclic) bond motifs is 1. The van der Waals surface area contributed by atoms with Gasteiger partial charge in [0.15, 0.2) is 10.9 Å². The van der Waals surface area contributed by atoms with E-state index in [1.165, 1.54) is 24.3 Å². The summed E-state index contributed by atoms with van der Waals surface area (Å²) in [4.78, 5) is 49.4. The smallest absolute Gasteiger partial charge is 0.350 e. The van der Waals surface area contributed by atoms with E-state index in [1.807, 2.05) is 19.1 Å². The molecule has 0 aliphatic carbocycles. The lowest BCUT2D eigenvalue weighted by atomic mass is 9.96. The molecule has 9 nitrogen and oxygen atoms in total. The topological polar surface area (TPSA) is 114 Å². The lowest BCUT2D eigenvalue weighted by Gasteiger charge is -2.23. The third-order valence-electron chi connectivity index (χ3n) is 6.46. The highest BCUT2D eigenvalue weighted by Gasteiger charge is 2.49. The zero-order chi connectivity index (χ0) is 28.0. The van der Waals surface area contributed by atoms with Crippen LogP contribution >= 0.6 is 11.3 Å². The summed E-state index contributed by atoms with van der Waals surface area (Å²) in [5.41, 5.74) is 1.92. The number of ketones is 1. The van der Waals surface area contributed by atoms with Gasteiger partial charge in [0.2, 0.25) is 0 Å². The average molecular weight is 547 g/mol. The number of aromatic nitrogens is 3. The van der Waals surface area contributed by atoms with Crippen molar-refractivity contribution >= 4 is 45.5 Å². The molecule has 1 unspecified atom stereocenters. The number of ether oxygens (including phenoxy) is 1. The molecule has 0 spiro atoms. The maximum absolute atomic E-state index is 15.2. The summed E-state index contributed by atoms with van der Waals surface area (Å²) in [5.74, 6) is -3.96. The quantitative estimate of drug-likeness (QED) is 0.121. The molecule has 4 heterocycles. The van der Waals surface area contributed by atoms with E-state index in [0.717, 1.165) is 21.8 Å². The number of aliphatic hydroxyl groups excluding tert-OH is 1.